The molecule has 1 aliphatic heterocycles. The lowest BCUT2D eigenvalue weighted by Crippen LogP contribution is -2.46. The number of benzene rings is 1. The quantitative estimate of drug-likeness (QED) is 0.863. The Balaban J connectivity index is 2.24. The van der Waals surface area contributed by atoms with E-state index in [9.17, 15) is 14.7 Å². The fraction of sp³-hybridized carbons (Fsp3) is 0.412. The van der Waals surface area contributed by atoms with Crippen molar-refractivity contribution in [3.8, 4) is 0 Å². The summed E-state index contributed by atoms with van der Waals surface area (Å²) in [4.78, 5) is 24.6. The number of ether oxygens (including phenoxy) is 2. The topological polar surface area (TPSA) is 76.1 Å². The smallest absolute Gasteiger partial charge is 0.410 e. The van der Waals surface area contributed by atoms with E-state index in [4.69, 9.17) is 9.47 Å². The van der Waals surface area contributed by atoms with Crippen LogP contribution in [-0.2, 0) is 9.47 Å². The average molecular weight is 319 g/mol. The summed E-state index contributed by atoms with van der Waals surface area (Å²) in [7, 11) is 0. The van der Waals surface area contributed by atoms with E-state index in [-0.39, 0.29) is 6.61 Å². The standard InChI is InChI=1S/C17H21NO5/c1-4-22-15(19)14-8-6-5-7-12(14)9-10-13-11-23-17(2,3)18(13)16(20)21/h5-10,13H,4,11H2,1-3H3,(H,20,21)/t13-/m1/s1. The molecule has 6 heteroatoms. The minimum atomic E-state index is -1.04. The first-order chi connectivity index (χ1) is 10.9. The number of carboxylic acid groups (broad SMARTS) is 1. The molecule has 6 nitrogen and oxygen atoms in total. The van der Waals surface area contributed by atoms with Crippen LogP contribution in [0.3, 0.4) is 0 Å². The SMILES string of the molecule is CCOC(=O)c1ccccc1C=C[C@@H]1COC(C)(C)N1C(=O)O. The van der Waals surface area contributed by atoms with Gasteiger partial charge in [0.15, 0.2) is 0 Å². The van der Waals surface area contributed by atoms with Crippen molar-refractivity contribution in [2.75, 3.05) is 13.2 Å². The Morgan fingerprint density at radius 1 is 1.43 bits per heavy atom. The molecule has 1 fully saturated rings. The number of carbonyl (C=O) groups excluding carboxylic acids is 1. The van der Waals surface area contributed by atoms with Crippen molar-refractivity contribution in [1.82, 2.24) is 4.90 Å². The summed E-state index contributed by atoms with van der Waals surface area (Å²) in [6.45, 7) is 5.74. The van der Waals surface area contributed by atoms with Gasteiger partial charge in [0.25, 0.3) is 0 Å². The van der Waals surface area contributed by atoms with E-state index in [1.165, 1.54) is 4.90 Å². The van der Waals surface area contributed by atoms with E-state index in [0.717, 1.165) is 0 Å². The van der Waals surface area contributed by atoms with E-state index < -0.39 is 23.8 Å². The molecule has 0 unspecified atom stereocenters. The third-order valence-electron chi connectivity index (χ3n) is 3.68. The van der Waals surface area contributed by atoms with Crippen LogP contribution in [0.25, 0.3) is 6.08 Å². The lowest BCUT2D eigenvalue weighted by atomic mass is 10.1. The number of nitrogens with zero attached hydrogens (tertiary/aromatic N) is 1. The van der Waals surface area contributed by atoms with Crippen molar-refractivity contribution >= 4 is 18.1 Å². The number of amides is 1. The van der Waals surface area contributed by atoms with Gasteiger partial charge in [0.1, 0.15) is 5.72 Å². The lowest BCUT2D eigenvalue weighted by molar-refractivity contribution is -0.0409. The molecule has 0 aromatic heterocycles. The van der Waals surface area contributed by atoms with Crippen LogP contribution in [0, 0.1) is 0 Å². The van der Waals surface area contributed by atoms with Gasteiger partial charge in [-0.25, -0.2) is 9.59 Å². The van der Waals surface area contributed by atoms with Crippen molar-refractivity contribution in [1.29, 1.82) is 0 Å². The molecule has 0 radical (unpaired) electrons. The molecule has 2 rings (SSSR count). The summed E-state index contributed by atoms with van der Waals surface area (Å²) < 4.78 is 10.6. The summed E-state index contributed by atoms with van der Waals surface area (Å²) in [6.07, 6.45) is 2.43. The minimum Gasteiger partial charge on any atom is -0.465 e. The number of esters is 1. The molecule has 1 saturated heterocycles. The molecule has 1 amide bonds. The highest BCUT2D eigenvalue weighted by Crippen LogP contribution is 2.28. The molecule has 1 aliphatic rings. The van der Waals surface area contributed by atoms with Crippen LogP contribution in [0.2, 0.25) is 0 Å². The second kappa shape index (κ2) is 6.83. The van der Waals surface area contributed by atoms with E-state index in [2.05, 4.69) is 0 Å². The normalized spacial score (nSPS) is 20.0. The Bertz CT molecular complexity index is 623. The van der Waals surface area contributed by atoms with Crippen LogP contribution < -0.4 is 0 Å². The van der Waals surface area contributed by atoms with Gasteiger partial charge in [-0.2, -0.15) is 0 Å². The van der Waals surface area contributed by atoms with Crippen LogP contribution in [0.15, 0.2) is 30.3 Å². The third-order valence-corrected chi connectivity index (χ3v) is 3.68. The first-order valence-electron chi connectivity index (χ1n) is 7.47. The zero-order chi connectivity index (χ0) is 17.0. The molecule has 1 heterocycles. The van der Waals surface area contributed by atoms with Gasteiger partial charge in [-0.1, -0.05) is 30.4 Å². The molecule has 1 aromatic carbocycles. The fourth-order valence-electron chi connectivity index (χ4n) is 2.60. The maximum Gasteiger partial charge on any atom is 0.410 e. The molecule has 1 aromatic rings. The molecule has 1 N–H and O–H groups in total. The zero-order valence-electron chi connectivity index (χ0n) is 13.5. The van der Waals surface area contributed by atoms with Crippen LogP contribution in [0.1, 0.15) is 36.7 Å². The highest BCUT2D eigenvalue weighted by atomic mass is 16.5. The zero-order valence-corrected chi connectivity index (χ0v) is 13.5. The Kier molecular flexibility index (Phi) is 5.05. The number of carbonyl (C=O) groups is 2. The molecular formula is C17H21NO5. The monoisotopic (exact) mass is 319 g/mol. The number of rotatable bonds is 4. The van der Waals surface area contributed by atoms with Gasteiger partial charge in [0.2, 0.25) is 0 Å². The van der Waals surface area contributed by atoms with E-state index in [0.29, 0.717) is 17.7 Å². The first kappa shape index (κ1) is 17.0. The van der Waals surface area contributed by atoms with Crippen molar-refractivity contribution in [3.63, 3.8) is 0 Å². The molecule has 0 bridgehead atoms. The predicted molar refractivity (Wildman–Crippen MR) is 85.1 cm³/mol. The summed E-state index contributed by atoms with van der Waals surface area (Å²) in [6, 6.07) is 6.63. The first-order valence-corrected chi connectivity index (χ1v) is 7.47. The highest BCUT2D eigenvalue weighted by Gasteiger charge is 2.42. The van der Waals surface area contributed by atoms with Crippen LogP contribution in [-0.4, -0.2) is 47.0 Å². The molecule has 1 atom stereocenters. The average Bonchev–Trinajstić information content (AvgIpc) is 2.80. The number of hydrogen-bond donors (Lipinski definition) is 1. The van der Waals surface area contributed by atoms with Gasteiger partial charge in [-0.15, -0.1) is 0 Å². The van der Waals surface area contributed by atoms with Gasteiger partial charge < -0.3 is 14.6 Å². The van der Waals surface area contributed by atoms with Crippen LogP contribution in [0.5, 0.6) is 0 Å². The minimum absolute atomic E-state index is 0.275. The van der Waals surface area contributed by atoms with Crippen molar-refractivity contribution < 1.29 is 24.2 Å². The Labute approximate surface area is 135 Å². The Hall–Kier alpha value is -2.34. The maximum atomic E-state index is 12.0. The third kappa shape index (κ3) is 3.71. The summed E-state index contributed by atoms with van der Waals surface area (Å²) in [5.41, 5.74) is 0.258. The molecular weight excluding hydrogens is 298 g/mol. The van der Waals surface area contributed by atoms with Crippen molar-refractivity contribution in [2.45, 2.75) is 32.5 Å². The fourth-order valence-corrected chi connectivity index (χ4v) is 2.60. The number of hydrogen-bond acceptors (Lipinski definition) is 4. The molecule has 0 saturated carbocycles. The highest BCUT2D eigenvalue weighted by molar-refractivity contribution is 5.93. The molecule has 0 aliphatic carbocycles. The Morgan fingerprint density at radius 3 is 2.78 bits per heavy atom. The van der Waals surface area contributed by atoms with Crippen molar-refractivity contribution in [2.24, 2.45) is 0 Å². The van der Waals surface area contributed by atoms with Crippen LogP contribution in [0.4, 0.5) is 4.79 Å². The van der Waals surface area contributed by atoms with Crippen molar-refractivity contribution in [3.05, 3.63) is 41.5 Å². The van der Waals surface area contributed by atoms with Gasteiger partial charge in [-0.05, 0) is 32.4 Å². The predicted octanol–water partition coefficient (Wildman–Crippen LogP) is 2.99. The summed E-state index contributed by atoms with van der Waals surface area (Å²) in [5, 5.41) is 9.37. The van der Waals surface area contributed by atoms with Gasteiger partial charge in [-0.3, -0.25) is 4.90 Å². The Morgan fingerprint density at radius 2 is 2.13 bits per heavy atom. The van der Waals surface area contributed by atoms with Gasteiger partial charge in [0, 0.05) is 0 Å². The molecule has 23 heavy (non-hydrogen) atoms. The maximum absolute atomic E-state index is 12.0. The summed E-state index contributed by atoms with van der Waals surface area (Å²) >= 11 is 0. The van der Waals surface area contributed by atoms with Gasteiger partial charge in [0.05, 0.1) is 24.8 Å². The second-order valence-corrected chi connectivity index (χ2v) is 5.64. The molecule has 0 spiro atoms. The van der Waals surface area contributed by atoms with Crippen LogP contribution >= 0.6 is 0 Å². The summed E-state index contributed by atoms with van der Waals surface area (Å²) in [5.74, 6) is -0.397. The van der Waals surface area contributed by atoms with E-state index >= 15 is 0 Å². The van der Waals surface area contributed by atoms with Gasteiger partial charge >= 0.3 is 12.1 Å². The van der Waals surface area contributed by atoms with E-state index in [1.807, 2.05) is 6.07 Å². The van der Waals surface area contributed by atoms with E-state index in [1.54, 1.807) is 51.1 Å². The lowest BCUT2D eigenvalue weighted by Gasteiger charge is -2.29. The molecule has 124 valence electrons. The second-order valence-electron chi connectivity index (χ2n) is 5.64. The largest absolute Gasteiger partial charge is 0.465 e.